The van der Waals surface area contributed by atoms with Crippen LogP contribution in [0.15, 0.2) is 47.0 Å². The first kappa shape index (κ1) is 16.5. The molecule has 0 atom stereocenters. The minimum absolute atomic E-state index is 0.0894. The van der Waals surface area contributed by atoms with E-state index in [1.165, 1.54) is 33.8 Å². The topological polar surface area (TPSA) is 81.3 Å². The van der Waals surface area contributed by atoms with Crippen LogP contribution in [0.4, 0.5) is 0 Å². The first-order chi connectivity index (χ1) is 12.7. The smallest absolute Gasteiger partial charge is 0.352 e. The van der Waals surface area contributed by atoms with E-state index >= 15 is 0 Å². The molecule has 0 fully saturated rings. The zero-order chi connectivity index (χ0) is 17.9. The Balaban J connectivity index is 1.47. The van der Waals surface area contributed by atoms with Gasteiger partial charge in [-0.3, -0.25) is 4.79 Å². The Morgan fingerprint density at radius 3 is 2.96 bits per heavy atom. The molecular weight excluding hydrogens is 330 g/mol. The molecule has 0 radical (unpaired) electrons. The molecule has 1 amide bonds. The second kappa shape index (κ2) is 7.11. The van der Waals surface area contributed by atoms with Gasteiger partial charge in [0.2, 0.25) is 5.91 Å². The minimum atomic E-state index is -0.358. The number of nitrogens with one attached hydrogen (secondary N) is 1. The average molecular weight is 351 g/mol. The van der Waals surface area contributed by atoms with E-state index in [9.17, 15) is 9.59 Å². The van der Waals surface area contributed by atoms with E-state index in [0.717, 1.165) is 30.2 Å². The maximum absolute atomic E-state index is 12.5. The number of hydrogen-bond acceptors (Lipinski definition) is 4. The summed E-state index contributed by atoms with van der Waals surface area (Å²) in [7, 11) is 0. The van der Waals surface area contributed by atoms with E-state index in [-0.39, 0.29) is 18.1 Å². The van der Waals surface area contributed by atoms with Gasteiger partial charge in [0.1, 0.15) is 12.9 Å². The van der Waals surface area contributed by atoms with Crippen molar-refractivity contribution in [3.8, 4) is 0 Å². The Morgan fingerprint density at radius 1 is 1.23 bits per heavy atom. The lowest BCUT2D eigenvalue weighted by molar-refractivity contribution is -0.121. The summed E-state index contributed by atoms with van der Waals surface area (Å²) in [5, 5.41) is 8.00. The molecule has 0 saturated heterocycles. The number of para-hydroxylation sites is 1. The van der Waals surface area contributed by atoms with Crippen molar-refractivity contribution in [3.05, 3.63) is 52.7 Å². The van der Waals surface area contributed by atoms with Gasteiger partial charge in [0, 0.05) is 11.9 Å². The molecule has 2 aromatic heterocycles. The molecule has 3 aromatic rings. The number of hydrogen-bond donors (Lipinski definition) is 1. The molecule has 4 rings (SSSR count). The van der Waals surface area contributed by atoms with E-state index in [1.54, 1.807) is 0 Å². The summed E-state index contributed by atoms with van der Waals surface area (Å²) >= 11 is 0. The van der Waals surface area contributed by atoms with E-state index < -0.39 is 0 Å². The quantitative estimate of drug-likeness (QED) is 0.714. The van der Waals surface area contributed by atoms with Crippen LogP contribution in [-0.2, 0) is 11.3 Å². The molecule has 7 nitrogen and oxygen atoms in total. The third kappa shape index (κ3) is 3.24. The number of carbonyl (C=O) groups excluding carboxylic acids is 1. The molecule has 0 unspecified atom stereocenters. The van der Waals surface area contributed by atoms with Gasteiger partial charge in [-0.2, -0.15) is 0 Å². The second-order valence-electron chi connectivity index (χ2n) is 6.60. The summed E-state index contributed by atoms with van der Waals surface area (Å²) < 4.78 is 2.57. The Kier molecular flexibility index (Phi) is 4.51. The summed E-state index contributed by atoms with van der Waals surface area (Å²) in [6.45, 7) is 0.505. The van der Waals surface area contributed by atoms with Crippen molar-refractivity contribution in [1.82, 2.24) is 24.5 Å². The summed E-state index contributed by atoms with van der Waals surface area (Å²) in [4.78, 5) is 28.9. The van der Waals surface area contributed by atoms with Crippen LogP contribution in [0.5, 0.6) is 0 Å². The number of amides is 1. The van der Waals surface area contributed by atoms with E-state index in [1.807, 2.05) is 24.3 Å². The first-order valence-corrected chi connectivity index (χ1v) is 9.00. The van der Waals surface area contributed by atoms with Crippen molar-refractivity contribution in [2.45, 2.75) is 38.6 Å². The van der Waals surface area contributed by atoms with Gasteiger partial charge >= 0.3 is 5.69 Å². The van der Waals surface area contributed by atoms with Crippen LogP contribution >= 0.6 is 0 Å². The largest absolute Gasteiger partial charge is 0.354 e. The Hall–Kier alpha value is -2.96. The van der Waals surface area contributed by atoms with Crippen molar-refractivity contribution in [1.29, 1.82) is 0 Å². The predicted molar refractivity (Wildman–Crippen MR) is 98.9 cm³/mol. The molecule has 1 aliphatic rings. The van der Waals surface area contributed by atoms with Crippen molar-refractivity contribution in [3.63, 3.8) is 0 Å². The summed E-state index contributed by atoms with van der Waals surface area (Å²) in [6, 6.07) is 7.49. The van der Waals surface area contributed by atoms with Crippen LogP contribution in [0, 0.1) is 0 Å². The first-order valence-electron chi connectivity index (χ1n) is 9.00. The average Bonchev–Trinajstić information content (AvgIpc) is 2.99. The predicted octanol–water partition coefficient (Wildman–Crippen LogP) is 2.05. The Labute approximate surface area is 150 Å². The summed E-state index contributed by atoms with van der Waals surface area (Å²) in [5.41, 5.74) is 2.34. The third-order valence-corrected chi connectivity index (χ3v) is 4.77. The number of fused-ring (bicyclic) bond motifs is 3. The number of rotatable bonds is 5. The molecule has 1 aromatic carbocycles. The van der Waals surface area contributed by atoms with Crippen molar-refractivity contribution < 1.29 is 4.79 Å². The van der Waals surface area contributed by atoms with Gasteiger partial charge in [-0.25, -0.2) is 18.9 Å². The standard InChI is InChI=1S/C19H21N5O2/c25-17(20-11-10-14-6-2-1-3-7-14)12-24-19(26)23-13-21-16-9-5-4-8-15(16)18(23)22-24/h4-6,8-9,13H,1-3,7,10-12H2,(H,20,25). The van der Waals surface area contributed by atoms with Crippen LogP contribution in [0.2, 0.25) is 0 Å². The van der Waals surface area contributed by atoms with Gasteiger partial charge in [0.15, 0.2) is 5.65 Å². The van der Waals surface area contributed by atoms with Crippen LogP contribution in [0.25, 0.3) is 16.6 Å². The van der Waals surface area contributed by atoms with Crippen LogP contribution < -0.4 is 11.0 Å². The fraction of sp³-hybridized carbons (Fsp3) is 0.368. The highest BCUT2D eigenvalue weighted by Gasteiger charge is 2.13. The fourth-order valence-electron chi connectivity index (χ4n) is 3.39. The highest BCUT2D eigenvalue weighted by atomic mass is 16.2. The summed E-state index contributed by atoms with van der Waals surface area (Å²) in [5.74, 6) is -0.204. The van der Waals surface area contributed by atoms with Gasteiger partial charge in [-0.05, 0) is 44.2 Å². The lowest BCUT2D eigenvalue weighted by Gasteiger charge is -2.12. The van der Waals surface area contributed by atoms with Crippen LogP contribution in [0.3, 0.4) is 0 Å². The maximum atomic E-state index is 12.5. The molecule has 0 spiro atoms. The molecule has 134 valence electrons. The lowest BCUT2D eigenvalue weighted by atomic mass is 9.97. The zero-order valence-corrected chi connectivity index (χ0v) is 14.5. The normalized spacial score (nSPS) is 14.5. The van der Waals surface area contributed by atoms with Gasteiger partial charge in [0.05, 0.1) is 5.52 Å². The van der Waals surface area contributed by atoms with Gasteiger partial charge < -0.3 is 5.32 Å². The highest BCUT2D eigenvalue weighted by molar-refractivity contribution is 5.90. The van der Waals surface area contributed by atoms with Crippen LogP contribution in [-0.4, -0.2) is 31.6 Å². The molecule has 1 aliphatic carbocycles. The lowest BCUT2D eigenvalue weighted by Crippen LogP contribution is -2.33. The third-order valence-electron chi connectivity index (χ3n) is 4.77. The monoisotopic (exact) mass is 351 g/mol. The number of benzene rings is 1. The highest BCUT2D eigenvalue weighted by Crippen LogP contribution is 2.19. The second-order valence-corrected chi connectivity index (χ2v) is 6.60. The molecule has 7 heteroatoms. The maximum Gasteiger partial charge on any atom is 0.352 e. The van der Waals surface area contributed by atoms with E-state index in [2.05, 4.69) is 21.5 Å². The Morgan fingerprint density at radius 2 is 2.12 bits per heavy atom. The molecule has 0 aliphatic heterocycles. The molecule has 1 N–H and O–H groups in total. The minimum Gasteiger partial charge on any atom is -0.354 e. The number of allylic oxidation sites excluding steroid dienone is 1. The fourth-order valence-corrected chi connectivity index (χ4v) is 3.39. The van der Waals surface area contributed by atoms with Crippen molar-refractivity contribution in [2.24, 2.45) is 0 Å². The zero-order valence-electron chi connectivity index (χ0n) is 14.5. The molecular formula is C19H21N5O2. The van der Waals surface area contributed by atoms with Crippen molar-refractivity contribution in [2.75, 3.05) is 6.54 Å². The molecule has 2 heterocycles. The summed E-state index contributed by atoms with van der Waals surface area (Å²) in [6.07, 6.45) is 9.37. The number of carbonyl (C=O) groups is 1. The van der Waals surface area contributed by atoms with Gasteiger partial charge in [-0.15, -0.1) is 5.10 Å². The van der Waals surface area contributed by atoms with Crippen LogP contribution in [0.1, 0.15) is 32.1 Å². The molecule has 26 heavy (non-hydrogen) atoms. The van der Waals surface area contributed by atoms with E-state index in [4.69, 9.17) is 0 Å². The molecule has 0 saturated carbocycles. The number of nitrogens with zero attached hydrogens (tertiary/aromatic N) is 4. The van der Waals surface area contributed by atoms with Gasteiger partial charge in [0.25, 0.3) is 0 Å². The molecule has 0 bridgehead atoms. The Bertz CT molecular complexity index is 1050. The van der Waals surface area contributed by atoms with Crippen molar-refractivity contribution >= 4 is 22.5 Å². The van der Waals surface area contributed by atoms with E-state index in [0.29, 0.717) is 12.2 Å². The number of aromatic nitrogens is 4. The van der Waals surface area contributed by atoms with Gasteiger partial charge in [-0.1, -0.05) is 23.8 Å². The SMILES string of the molecule is O=C(Cn1nc2c3ccccc3ncn2c1=O)NCCC1=CCCCC1.